The Kier molecular flexibility index (Phi) is 6.15. The SMILES string of the molecule is c1ccc(-c2cc3nc(c2)-c2cc(-c4ccccc4)cc4c2[nH]c2c(cc(-c5ccccc5)cc24)-c2cccc(n2)-c2cccc-3n2)cc1. The number of benzene rings is 5. The molecule has 10 rings (SSSR count). The van der Waals surface area contributed by atoms with Crippen molar-refractivity contribution in [3.05, 3.63) is 164 Å². The quantitative estimate of drug-likeness (QED) is 0.213. The second kappa shape index (κ2) is 11.0. The first-order chi connectivity index (χ1) is 24.2. The Bertz CT molecular complexity index is 2690. The summed E-state index contributed by atoms with van der Waals surface area (Å²) in [6.45, 7) is 0. The molecule has 0 aliphatic carbocycles. The Morgan fingerprint density at radius 1 is 0.286 bits per heavy atom. The number of hydrogen-bond donors (Lipinski definition) is 1. The highest BCUT2D eigenvalue weighted by molar-refractivity contribution is 6.17. The number of aromatic amines is 1. The van der Waals surface area contributed by atoms with Crippen LogP contribution in [0.5, 0.6) is 0 Å². The molecule has 0 saturated heterocycles. The summed E-state index contributed by atoms with van der Waals surface area (Å²) in [5, 5.41) is 2.29. The van der Waals surface area contributed by atoms with Gasteiger partial charge in [0.05, 0.1) is 45.2 Å². The number of hydrogen-bond acceptors (Lipinski definition) is 3. The van der Waals surface area contributed by atoms with E-state index in [1.807, 2.05) is 24.3 Å². The summed E-state index contributed by atoms with van der Waals surface area (Å²) in [6, 6.07) is 57.6. The molecule has 0 fully saturated rings. The van der Waals surface area contributed by atoms with Crippen molar-refractivity contribution in [3.63, 3.8) is 0 Å². The number of aromatic nitrogens is 4. The lowest BCUT2D eigenvalue weighted by Gasteiger charge is -2.13. The molecule has 0 saturated carbocycles. The first-order valence-corrected chi connectivity index (χ1v) is 16.5. The molecule has 1 aliphatic rings. The molecule has 0 amide bonds. The smallest absolute Gasteiger partial charge is 0.0900 e. The molecule has 228 valence electrons. The molecular weight excluding hydrogens is 597 g/mol. The zero-order chi connectivity index (χ0) is 32.3. The maximum atomic E-state index is 5.36. The van der Waals surface area contributed by atoms with E-state index in [1.54, 1.807) is 0 Å². The van der Waals surface area contributed by atoms with Crippen molar-refractivity contribution in [1.29, 1.82) is 0 Å². The second-order valence-electron chi connectivity index (χ2n) is 12.6. The largest absolute Gasteiger partial charge is 0.353 e. The average Bonchev–Trinajstić information content (AvgIpc) is 3.56. The topological polar surface area (TPSA) is 54.5 Å². The Labute approximate surface area is 283 Å². The molecule has 9 aromatic rings. The van der Waals surface area contributed by atoms with Crippen LogP contribution < -0.4 is 0 Å². The number of nitrogens with zero attached hydrogens (tertiary/aromatic N) is 3. The molecule has 4 heteroatoms. The molecule has 1 aliphatic heterocycles. The van der Waals surface area contributed by atoms with Crippen LogP contribution in [0.4, 0.5) is 0 Å². The first kappa shape index (κ1) is 27.5. The van der Waals surface area contributed by atoms with Crippen LogP contribution in [-0.2, 0) is 0 Å². The predicted octanol–water partition coefficient (Wildman–Crippen LogP) is 11.5. The molecule has 8 bridgehead atoms. The van der Waals surface area contributed by atoms with Crippen molar-refractivity contribution in [1.82, 2.24) is 19.9 Å². The molecular formula is C45H28N4. The highest BCUT2D eigenvalue weighted by Gasteiger charge is 2.21. The van der Waals surface area contributed by atoms with E-state index < -0.39 is 0 Å². The number of pyridine rings is 3. The van der Waals surface area contributed by atoms with Gasteiger partial charge in [-0.1, -0.05) is 103 Å². The summed E-state index contributed by atoms with van der Waals surface area (Å²) in [7, 11) is 0. The molecule has 1 N–H and O–H groups in total. The maximum absolute atomic E-state index is 5.36. The third-order valence-corrected chi connectivity index (χ3v) is 9.54. The van der Waals surface area contributed by atoms with Crippen molar-refractivity contribution >= 4 is 21.8 Å². The van der Waals surface area contributed by atoms with Crippen LogP contribution in [0.1, 0.15) is 0 Å². The lowest BCUT2D eigenvalue weighted by Crippen LogP contribution is -1.96. The monoisotopic (exact) mass is 624 g/mol. The fourth-order valence-electron chi connectivity index (χ4n) is 7.15. The third kappa shape index (κ3) is 4.65. The van der Waals surface area contributed by atoms with Crippen molar-refractivity contribution < 1.29 is 0 Å². The fraction of sp³-hybridized carbons (Fsp3) is 0. The van der Waals surface area contributed by atoms with E-state index in [0.29, 0.717) is 0 Å². The van der Waals surface area contributed by atoms with Gasteiger partial charge < -0.3 is 4.98 Å². The lowest BCUT2D eigenvalue weighted by atomic mass is 9.94. The van der Waals surface area contributed by atoms with E-state index in [2.05, 4.69) is 145 Å². The second-order valence-corrected chi connectivity index (χ2v) is 12.6. The van der Waals surface area contributed by atoms with Crippen LogP contribution in [0.15, 0.2) is 164 Å². The van der Waals surface area contributed by atoms with Gasteiger partial charge in [-0.3, -0.25) is 0 Å². The Morgan fingerprint density at radius 2 is 0.673 bits per heavy atom. The summed E-state index contributed by atoms with van der Waals surface area (Å²) in [4.78, 5) is 19.7. The summed E-state index contributed by atoms with van der Waals surface area (Å²) in [5.41, 5.74) is 16.0. The third-order valence-electron chi connectivity index (χ3n) is 9.54. The molecule has 0 spiro atoms. The maximum Gasteiger partial charge on any atom is 0.0900 e. The molecule has 5 aromatic carbocycles. The van der Waals surface area contributed by atoms with Crippen LogP contribution in [0.2, 0.25) is 0 Å². The summed E-state index contributed by atoms with van der Waals surface area (Å²) < 4.78 is 0. The van der Waals surface area contributed by atoms with Gasteiger partial charge in [-0.15, -0.1) is 0 Å². The Balaban J connectivity index is 1.39. The van der Waals surface area contributed by atoms with Crippen LogP contribution in [0.3, 0.4) is 0 Å². The van der Waals surface area contributed by atoms with Gasteiger partial charge in [0, 0.05) is 21.9 Å². The minimum Gasteiger partial charge on any atom is -0.353 e. The standard InChI is InChI=1S/C45H28N4/c1-4-12-28(13-5-1)31-22-34-35-23-32(29-14-6-2-7-15-29)25-37-42-26-33(30-16-8-3-9-17-30)27-43(48-42)41-21-11-20-40(47-41)39-19-10-18-38(46-39)36(24-31)44(34)49-45(35)37/h1-27,49H. The molecule has 5 heterocycles. The number of fused-ring (bicyclic) bond motifs is 11. The highest BCUT2D eigenvalue weighted by atomic mass is 14.8. The van der Waals surface area contributed by atoms with Gasteiger partial charge >= 0.3 is 0 Å². The number of nitrogens with one attached hydrogen (secondary N) is 1. The van der Waals surface area contributed by atoms with Gasteiger partial charge in [0.25, 0.3) is 0 Å². The Morgan fingerprint density at radius 3 is 1.20 bits per heavy atom. The zero-order valence-electron chi connectivity index (χ0n) is 26.4. The highest BCUT2D eigenvalue weighted by Crippen LogP contribution is 2.43. The predicted molar refractivity (Wildman–Crippen MR) is 201 cm³/mol. The lowest BCUT2D eigenvalue weighted by molar-refractivity contribution is 1.22. The van der Waals surface area contributed by atoms with Crippen LogP contribution in [0.25, 0.3) is 100 Å². The van der Waals surface area contributed by atoms with E-state index in [-0.39, 0.29) is 0 Å². The van der Waals surface area contributed by atoms with Crippen LogP contribution in [-0.4, -0.2) is 19.9 Å². The van der Waals surface area contributed by atoms with Crippen molar-refractivity contribution in [2.75, 3.05) is 0 Å². The molecule has 4 nitrogen and oxygen atoms in total. The summed E-state index contributed by atoms with van der Waals surface area (Å²) in [6.07, 6.45) is 0. The van der Waals surface area contributed by atoms with E-state index >= 15 is 0 Å². The van der Waals surface area contributed by atoms with Gasteiger partial charge in [-0.25, -0.2) is 15.0 Å². The normalized spacial score (nSPS) is 11.7. The molecule has 49 heavy (non-hydrogen) atoms. The molecule has 0 atom stereocenters. The van der Waals surface area contributed by atoms with Crippen molar-refractivity contribution in [3.8, 4) is 78.7 Å². The van der Waals surface area contributed by atoms with Gasteiger partial charge in [0.15, 0.2) is 0 Å². The average molecular weight is 625 g/mol. The minimum atomic E-state index is 0.803. The van der Waals surface area contributed by atoms with Gasteiger partial charge in [-0.2, -0.15) is 0 Å². The molecule has 4 aromatic heterocycles. The van der Waals surface area contributed by atoms with E-state index in [9.17, 15) is 0 Å². The summed E-state index contributed by atoms with van der Waals surface area (Å²) in [5.74, 6) is 0. The summed E-state index contributed by atoms with van der Waals surface area (Å²) >= 11 is 0. The minimum absolute atomic E-state index is 0.803. The van der Waals surface area contributed by atoms with Gasteiger partial charge in [0.2, 0.25) is 0 Å². The molecule has 0 radical (unpaired) electrons. The number of H-pyrrole nitrogens is 1. The van der Waals surface area contributed by atoms with Crippen LogP contribution >= 0.6 is 0 Å². The fourth-order valence-corrected chi connectivity index (χ4v) is 7.15. The van der Waals surface area contributed by atoms with E-state index in [1.165, 1.54) is 0 Å². The van der Waals surface area contributed by atoms with Crippen molar-refractivity contribution in [2.45, 2.75) is 0 Å². The van der Waals surface area contributed by atoms with E-state index in [4.69, 9.17) is 15.0 Å². The van der Waals surface area contributed by atoms with E-state index in [0.717, 1.165) is 100 Å². The van der Waals surface area contributed by atoms with Gasteiger partial charge in [-0.05, 0) is 94.0 Å². The first-order valence-electron chi connectivity index (χ1n) is 16.5. The number of rotatable bonds is 3. The van der Waals surface area contributed by atoms with Crippen LogP contribution in [0, 0.1) is 0 Å². The Hall–Kier alpha value is -6.65. The van der Waals surface area contributed by atoms with Gasteiger partial charge in [0.1, 0.15) is 0 Å². The molecule has 0 unspecified atom stereocenters. The van der Waals surface area contributed by atoms with Crippen molar-refractivity contribution in [2.24, 2.45) is 0 Å². The zero-order valence-corrected chi connectivity index (χ0v) is 26.4.